The van der Waals surface area contributed by atoms with Crippen molar-refractivity contribution in [3.8, 4) is 0 Å². The smallest absolute Gasteiger partial charge is 0.0909 e. The van der Waals surface area contributed by atoms with Crippen molar-refractivity contribution in [1.82, 2.24) is 4.98 Å². The number of pyridine rings is 1. The molecule has 2 heterocycles. The summed E-state index contributed by atoms with van der Waals surface area (Å²) >= 11 is 9.73. The largest absolute Gasteiger partial charge is 0.384 e. The van der Waals surface area contributed by atoms with E-state index in [9.17, 15) is 0 Å². The number of nitrogens with one attached hydrogen (secondary N) is 1. The summed E-state index contributed by atoms with van der Waals surface area (Å²) in [5.41, 5.74) is 1.91. The summed E-state index contributed by atoms with van der Waals surface area (Å²) in [4.78, 5) is 4.36. The monoisotopic (exact) mass is 354 g/mol. The zero-order valence-corrected chi connectivity index (χ0v) is 13.4. The van der Waals surface area contributed by atoms with Gasteiger partial charge in [0.05, 0.1) is 17.1 Å². The molecule has 0 amide bonds. The van der Waals surface area contributed by atoms with E-state index in [0.717, 1.165) is 47.2 Å². The number of anilines is 1. The van der Waals surface area contributed by atoms with Gasteiger partial charge in [0.2, 0.25) is 0 Å². The van der Waals surface area contributed by atoms with Gasteiger partial charge in [0, 0.05) is 34.9 Å². The molecule has 2 aromatic rings. The van der Waals surface area contributed by atoms with Crippen LogP contribution in [0.3, 0.4) is 0 Å². The van der Waals surface area contributed by atoms with Gasteiger partial charge in [-0.2, -0.15) is 0 Å². The third kappa shape index (κ3) is 3.08. The van der Waals surface area contributed by atoms with Crippen LogP contribution in [-0.4, -0.2) is 24.7 Å². The molecular weight excluding hydrogens is 340 g/mol. The normalized spacial score (nSPS) is 19.2. The molecule has 0 spiro atoms. The van der Waals surface area contributed by atoms with Gasteiger partial charge in [-0.15, -0.1) is 0 Å². The highest BCUT2D eigenvalue weighted by Gasteiger charge is 2.14. The Morgan fingerprint density at radius 2 is 2.35 bits per heavy atom. The fraction of sp³-hybridized carbons (Fsp3) is 0.400. The summed E-state index contributed by atoms with van der Waals surface area (Å²) in [6.07, 6.45) is 4.17. The minimum absolute atomic E-state index is 0.578. The second-order valence-electron chi connectivity index (χ2n) is 5.11. The van der Waals surface area contributed by atoms with Crippen molar-refractivity contribution in [2.45, 2.75) is 12.8 Å². The number of benzene rings is 1. The summed E-state index contributed by atoms with van der Waals surface area (Å²) in [6.45, 7) is 2.67. The van der Waals surface area contributed by atoms with Gasteiger partial charge < -0.3 is 10.1 Å². The Balaban J connectivity index is 1.83. The quantitative estimate of drug-likeness (QED) is 0.881. The third-order valence-electron chi connectivity index (χ3n) is 3.60. The van der Waals surface area contributed by atoms with Crippen LogP contribution >= 0.6 is 27.5 Å². The molecule has 1 atom stereocenters. The molecule has 1 saturated heterocycles. The van der Waals surface area contributed by atoms with E-state index in [1.54, 1.807) is 6.20 Å². The highest BCUT2D eigenvalue weighted by Crippen LogP contribution is 2.31. The average molecular weight is 356 g/mol. The van der Waals surface area contributed by atoms with E-state index in [-0.39, 0.29) is 0 Å². The second kappa shape index (κ2) is 6.29. The van der Waals surface area contributed by atoms with E-state index >= 15 is 0 Å². The van der Waals surface area contributed by atoms with Crippen molar-refractivity contribution < 1.29 is 4.74 Å². The van der Waals surface area contributed by atoms with Gasteiger partial charge in [0.25, 0.3) is 0 Å². The van der Waals surface area contributed by atoms with Crippen LogP contribution in [0.1, 0.15) is 12.8 Å². The molecule has 0 aliphatic carbocycles. The minimum Gasteiger partial charge on any atom is -0.384 e. The molecule has 1 aromatic carbocycles. The lowest BCUT2D eigenvalue weighted by atomic mass is 10.0. The number of fused-ring (bicyclic) bond motifs is 1. The first-order chi connectivity index (χ1) is 9.74. The maximum atomic E-state index is 6.24. The SMILES string of the molecule is Clc1cc(Br)cc2c(NCC3CCCOC3)ccnc12. The maximum absolute atomic E-state index is 6.24. The Morgan fingerprint density at radius 1 is 1.45 bits per heavy atom. The minimum atomic E-state index is 0.578. The number of hydrogen-bond donors (Lipinski definition) is 1. The van der Waals surface area contributed by atoms with Gasteiger partial charge >= 0.3 is 0 Å². The lowest BCUT2D eigenvalue weighted by Crippen LogP contribution is -2.24. The number of aromatic nitrogens is 1. The zero-order chi connectivity index (χ0) is 13.9. The lowest BCUT2D eigenvalue weighted by molar-refractivity contribution is 0.0595. The van der Waals surface area contributed by atoms with Crippen molar-refractivity contribution in [2.24, 2.45) is 5.92 Å². The average Bonchev–Trinajstić information content (AvgIpc) is 2.46. The lowest BCUT2D eigenvalue weighted by Gasteiger charge is -2.23. The fourth-order valence-corrected chi connectivity index (χ4v) is 3.41. The molecule has 0 saturated carbocycles. The molecule has 1 fully saturated rings. The molecule has 3 nitrogen and oxygen atoms in total. The first-order valence-electron chi connectivity index (χ1n) is 6.79. The molecule has 1 aliphatic heterocycles. The molecule has 3 rings (SSSR count). The van der Waals surface area contributed by atoms with Gasteiger partial charge in [-0.25, -0.2) is 0 Å². The highest BCUT2D eigenvalue weighted by molar-refractivity contribution is 9.10. The first kappa shape index (κ1) is 14.1. The Bertz CT molecular complexity index is 614. The standard InChI is InChI=1S/C15H16BrClN2O/c16-11-6-12-14(3-4-18-15(12)13(17)7-11)19-8-10-2-1-5-20-9-10/h3-4,6-7,10H,1-2,5,8-9H2,(H,18,19). The Labute approximate surface area is 131 Å². The van der Waals surface area contributed by atoms with Crippen LogP contribution in [-0.2, 0) is 4.74 Å². The van der Waals surface area contributed by atoms with Crippen molar-refractivity contribution in [3.63, 3.8) is 0 Å². The molecule has 1 aliphatic rings. The maximum Gasteiger partial charge on any atom is 0.0909 e. The van der Waals surface area contributed by atoms with Crippen LogP contribution in [0.4, 0.5) is 5.69 Å². The van der Waals surface area contributed by atoms with Gasteiger partial charge in [0.15, 0.2) is 0 Å². The molecule has 106 valence electrons. The van der Waals surface area contributed by atoms with Crippen LogP contribution in [0.15, 0.2) is 28.9 Å². The first-order valence-corrected chi connectivity index (χ1v) is 7.96. The van der Waals surface area contributed by atoms with Crippen molar-refractivity contribution in [3.05, 3.63) is 33.9 Å². The number of rotatable bonds is 3. The molecule has 1 N–H and O–H groups in total. The van der Waals surface area contributed by atoms with Crippen LogP contribution in [0.5, 0.6) is 0 Å². The molecule has 0 bridgehead atoms. The summed E-state index contributed by atoms with van der Waals surface area (Å²) in [6, 6.07) is 5.92. The predicted molar refractivity (Wildman–Crippen MR) is 86.5 cm³/mol. The summed E-state index contributed by atoms with van der Waals surface area (Å²) < 4.78 is 6.48. The van der Waals surface area contributed by atoms with Crippen LogP contribution in [0, 0.1) is 5.92 Å². The molecule has 20 heavy (non-hydrogen) atoms. The molecule has 5 heteroatoms. The van der Waals surface area contributed by atoms with E-state index in [2.05, 4.69) is 26.2 Å². The second-order valence-corrected chi connectivity index (χ2v) is 6.43. The number of ether oxygens (including phenoxy) is 1. The molecule has 1 unspecified atom stereocenters. The predicted octanol–water partition coefficient (Wildman–Crippen LogP) is 4.49. The van der Waals surface area contributed by atoms with Gasteiger partial charge in [-0.1, -0.05) is 27.5 Å². The van der Waals surface area contributed by atoms with Gasteiger partial charge in [-0.05, 0) is 37.0 Å². The number of hydrogen-bond acceptors (Lipinski definition) is 3. The molecule has 0 radical (unpaired) electrons. The number of nitrogens with zero attached hydrogens (tertiary/aromatic N) is 1. The third-order valence-corrected chi connectivity index (χ3v) is 4.34. The number of halogens is 2. The van der Waals surface area contributed by atoms with Gasteiger partial charge in [-0.3, -0.25) is 4.98 Å². The Hall–Kier alpha value is -0.840. The van der Waals surface area contributed by atoms with E-state index < -0.39 is 0 Å². The molecular formula is C15H16BrClN2O. The molecule has 1 aromatic heterocycles. The van der Waals surface area contributed by atoms with Crippen molar-refractivity contribution in [2.75, 3.05) is 25.1 Å². The van der Waals surface area contributed by atoms with Crippen molar-refractivity contribution in [1.29, 1.82) is 0 Å². The summed E-state index contributed by atoms with van der Waals surface area (Å²) in [5, 5.41) is 5.22. The topological polar surface area (TPSA) is 34.1 Å². The van der Waals surface area contributed by atoms with Crippen molar-refractivity contribution >= 4 is 44.1 Å². The Kier molecular flexibility index (Phi) is 4.44. The summed E-state index contributed by atoms with van der Waals surface area (Å²) in [5.74, 6) is 0.578. The van der Waals surface area contributed by atoms with E-state index in [1.807, 2.05) is 18.2 Å². The summed E-state index contributed by atoms with van der Waals surface area (Å²) in [7, 11) is 0. The van der Waals surface area contributed by atoms with E-state index in [0.29, 0.717) is 10.9 Å². The highest BCUT2D eigenvalue weighted by atomic mass is 79.9. The van der Waals surface area contributed by atoms with E-state index in [1.165, 1.54) is 6.42 Å². The van der Waals surface area contributed by atoms with Gasteiger partial charge in [0.1, 0.15) is 0 Å². The Morgan fingerprint density at radius 3 is 3.15 bits per heavy atom. The van der Waals surface area contributed by atoms with E-state index in [4.69, 9.17) is 16.3 Å². The van der Waals surface area contributed by atoms with Crippen LogP contribution in [0.2, 0.25) is 5.02 Å². The van der Waals surface area contributed by atoms with Crippen LogP contribution in [0.25, 0.3) is 10.9 Å². The zero-order valence-electron chi connectivity index (χ0n) is 11.0. The fourth-order valence-electron chi connectivity index (χ4n) is 2.56. The van der Waals surface area contributed by atoms with Crippen LogP contribution < -0.4 is 5.32 Å².